The van der Waals surface area contributed by atoms with Gasteiger partial charge in [-0.25, -0.2) is 4.39 Å². The molecule has 0 saturated carbocycles. The fraction of sp³-hybridized carbons (Fsp3) is 0.500. The summed E-state index contributed by atoms with van der Waals surface area (Å²) in [6.45, 7) is 1.61. The van der Waals surface area contributed by atoms with Crippen LogP contribution >= 0.6 is 12.4 Å². The molecule has 1 aromatic carbocycles. The number of nitrogens with zero attached hydrogens (tertiary/aromatic N) is 1. The molecule has 1 fully saturated rings. The summed E-state index contributed by atoms with van der Waals surface area (Å²) in [6.07, 6.45) is 2.52. The molecule has 1 atom stereocenters. The molecule has 0 radical (unpaired) electrons. The van der Waals surface area contributed by atoms with Crippen molar-refractivity contribution in [3.05, 3.63) is 35.6 Å². The van der Waals surface area contributed by atoms with Gasteiger partial charge in [0, 0.05) is 19.1 Å². The summed E-state index contributed by atoms with van der Waals surface area (Å²) in [5, 5.41) is 3.22. The number of likely N-dealkylation sites (tertiary alicyclic amines) is 1. The fourth-order valence-corrected chi connectivity index (χ4v) is 2.33. The molecule has 1 aliphatic rings. The number of piperidine rings is 1. The second kappa shape index (κ2) is 7.46. The van der Waals surface area contributed by atoms with Gasteiger partial charge in [-0.15, -0.1) is 12.4 Å². The van der Waals surface area contributed by atoms with E-state index in [4.69, 9.17) is 0 Å². The number of amides is 1. The third-order valence-corrected chi connectivity index (χ3v) is 3.45. The lowest BCUT2D eigenvalue weighted by Crippen LogP contribution is -2.47. The number of hydrogen-bond donors (Lipinski definition) is 1. The van der Waals surface area contributed by atoms with Gasteiger partial charge >= 0.3 is 0 Å². The van der Waals surface area contributed by atoms with E-state index in [1.165, 1.54) is 12.1 Å². The first-order valence-electron chi connectivity index (χ1n) is 6.38. The maximum Gasteiger partial charge on any atom is 0.227 e. The average Bonchev–Trinajstić information content (AvgIpc) is 2.41. The normalized spacial score (nSPS) is 18.8. The summed E-state index contributed by atoms with van der Waals surface area (Å²) in [7, 11) is 1.93. The van der Waals surface area contributed by atoms with Crippen LogP contribution in [0.25, 0.3) is 0 Å². The standard InChI is InChI=1S/C14H19FN2O.ClH/c1-16-13-3-2-8-17(10-13)14(18)9-11-4-6-12(15)7-5-11;/h4-7,13,16H,2-3,8-10H2,1H3;1H. The number of rotatable bonds is 3. The minimum Gasteiger partial charge on any atom is -0.341 e. The lowest BCUT2D eigenvalue weighted by Gasteiger charge is -2.32. The van der Waals surface area contributed by atoms with Gasteiger partial charge in [0.2, 0.25) is 5.91 Å². The molecule has 1 aromatic rings. The van der Waals surface area contributed by atoms with Crippen molar-refractivity contribution >= 4 is 18.3 Å². The molecule has 5 heteroatoms. The Bertz CT molecular complexity index is 410. The van der Waals surface area contributed by atoms with Crippen LogP contribution in [0.15, 0.2) is 24.3 Å². The molecule has 0 spiro atoms. The molecule has 1 aliphatic heterocycles. The Labute approximate surface area is 119 Å². The van der Waals surface area contributed by atoms with Crippen LogP contribution in [0.4, 0.5) is 4.39 Å². The molecule has 0 bridgehead atoms. The van der Waals surface area contributed by atoms with Crippen molar-refractivity contribution in [2.45, 2.75) is 25.3 Å². The first-order valence-corrected chi connectivity index (χ1v) is 6.38. The van der Waals surface area contributed by atoms with Gasteiger partial charge in [-0.2, -0.15) is 0 Å². The Morgan fingerprint density at radius 1 is 1.42 bits per heavy atom. The fourth-order valence-electron chi connectivity index (χ4n) is 2.33. The van der Waals surface area contributed by atoms with E-state index in [0.717, 1.165) is 31.5 Å². The Kier molecular flexibility index (Phi) is 6.25. The van der Waals surface area contributed by atoms with E-state index in [2.05, 4.69) is 5.32 Å². The Morgan fingerprint density at radius 2 is 2.11 bits per heavy atom. The average molecular weight is 287 g/mol. The van der Waals surface area contributed by atoms with Crippen molar-refractivity contribution < 1.29 is 9.18 Å². The number of carbonyl (C=O) groups is 1. The predicted molar refractivity (Wildman–Crippen MR) is 76.0 cm³/mol. The number of halogens is 2. The van der Waals surface area contributed by atoms with Gasteiger partial charge in [-0.1, -0.05) is 12.1 Å². The van der Waals surface area contributed by atoms with Crippen molar-refractivity contribution in [2.24, 2.45) is 0 Å². The highest BCUT2D eigenvalue weighted by Crippen LogP contribution is 2.12. The predicted octanol–water partition coefficient (Wildman–Crippen LogP) is 2.00. The minimum atomic E-state index is -0.264. The first kappa shape index (κ1) is 15.9. The zero-order chi connectivity index (χ0) is 13.0. The van der Waals surface area contributed by atoms with Crippen LogP contribution in [0.3, 0.4) is 0 Å². The zero-order valence-corrected chi connectivity index (χ0v) is 11.9. The van der Waals surface area contributed by atoms with Gasteiger partial charge in [0.1, 0.15) is 5.82 Å². The molecule has 1 unspecified atom stereocenters. The molecule has 3 nitrogen and oxygen atoms in total. The summed E-state index contributed by atoms with van der Waals surface area (Å²) in [5.41, 5.74) is 0.869. The van der Waals surface area contributed by atoms with Gasteiger partial charge in [0.25, 0.3) is 0 Å². The van der Waals surface area contributed by atoms with Crippen LogP contribution in [0.1, 0.15) is 18.4 Å². The zero-order valence-electron chi connectivity index (χ0n) is 11.1. The third-order valence-electron chi connectivity index (χ3n) is 3.45. The number of nitrogens with one attached hydrogen (secondary N) is 1. The first-order chi connectivity index (χ1) is 8.69. The topological polar surface area (TPSA) is 32.3 Å². The van der Waals surface area contributed by atoms with E-state index in [9.17, 15) is 9.18 Å². The SMILES string of the molecule is CNC1CCCN(C(=O)Cc2ccc(F)cc2)C1.Cl. The summed E-state index contributed by atoms with van der Waals surface area (Å²) < 4.78 is 12.8. The highest BCUT2D eigenvalue weighted by Gasteiger charge is 2.22. The molecule has 19 heavy (non-hydrogen) atoms. The van der Waals surface area contributed by atoms with Crippen LogP contribution < -0.4 is 5.32 Å². The minimum absolute atomic E-state index is 0. The lowest BCUT2D eigenvalue weighted by molar-refractivity contribution is -0.131. The molecule has 0 aromatic heterocycles. The molecule has 106 valence electrons. The summed E-state index contributed by atoms with van der Waals surface area (Å²) in [4.78, 5) is 14.0. The smallest absolute Gasteiger partial charge is 0.227 e. The van der Waals surface area contributed by atoms with Crippen LogP contribution in [-0.2, 0) is 11.2 Å². The van der Waals surface area contributed by atoms with Crippen LogP contribution in [0.5, 0.6) is 0 Å². The number of likely N-dealkylation sites (N-methyl/N-ethyl adjacent to an activating group) is 1. The van der Waals surface area contributed by atoms with Crippen molar-refractivity contribution in [3.63, 3.8) is 0 Å². The second-order valence-corrected chi connectivity index (χ2v) is 4.77. The molecule has 2 rings (SSSR count). The number of benzene rings is 1. The monoisotopic (exact) mass is 286 g/mol. The molecule has 1 amide bonds. The molecule has 1 heterocycles. The van der Waals surface area contributed by atoms with Gasteiger partial charge in [-0.05, 0) is 37.6 Å². The van der Waals surface area contributed by atoms with Gasteiger partial charge in [0.05, 0.1) is 6.42 Å². The lowest BCUT2D eigenvalue weighted by atomic mass is 10.0. The largest absolute Gasteiger partial charge is 0.341 e. The highest BCUT2D eigenvalue weighted by atomic mass is 35.5. The van der Waals surface area contributed by atoms with Crippen molar-refractivity contribution in [2.75, 3.05) is 20.1 Å². The molecule has 1 saturated heterocycles. The summed E-state index contributed by atoms with van der Waals surface area (Å²) >= 11 is 0. The van der Waals surface area contributed by atoms with E-state index < -0.39 is 0 Å². The quantitative estimate of drug-likeness (QED) is 0.922. The Balaban J connectivity index is 0.00000180. The van der Waals surface area contributed by atoms with E-state index in [1.807, 2.05) is 11.9 Å². The maximum absolute atomic E-state index is 12.8. The van der Waals surface area contributed by atoms with E-state index in [-0.39, 0.29) is 24.1 Å². The highest BCUT2D eigenvalue weighted by molar-refractivity contribution is 5.85. The van der Waals surface area contributed by atoms with E-state index in [1.54, 1.807) is 12.1 Å². The molecular formula is C14H20ClFN2O. The van der Waals surface area contributed by atoms with Crippen molar-refractivity contribution in [3.8, 4) is 0 Å². The Hall–Kier alpha value is -1.13. The van der Waals surface area contributed by atoms with Gasteiger partial charge in [0.15, 0.2) is 0 Å². The number of hydrogen-bond acceptors (Lipinski definition) is 2. The molecular weight excluding hydrogens is 267 g/mol. The van der Waals surface area contributed by atoms with Crippen LogP contribution in [0, 0.1) is 5.82 Å². The van der Waals surface area contributed by atoms with Gasteiger partial charge < -0.3 is 10.2 Å². The van der Waals surface area contributed by atoms with E-state index >= 15 is 0 Å². The van der Waals surface area contributed by atoms with Crippen molar-refractivity contribution in [1.29, 1.82) is 0 Å². The third kappa shape index (κ3) is 4.48. The summed E-state index contributed by atoms with van der Waals surface area (Å²) in [5.74, 6) is -0.138. The van der Waals surface area contributed by atoms with Gasteiger partial charge in [-0.3, -0.25) is 4.79 Å². The molecule has 0 aliphatic carbocycles. The molecule has 1 N–H and O–H groups in total. The second-order valence-electron chi connectivity index (χ2n) is 4.77. The number of carbonyl (C=O) groups excluding carboxylic acids is 1. The maximum atomic E-state index is 12.8. The van der Waals surface area contributed by atoms with Crippen LogP contribution in [0.2, 0.25) is 0 Å². The Morgan fingerprint density at radius 3 is 2.74 bits per heavy atom. The summed E-state index contributed by atoms with van der Waals surface area (Å²) in [6, 6.07) is 6.54. The van der Waals surface area contributed by atoms with Crippen molar-refractivity contribution in [1.82, 2.24) is 10.2 Å². The van der Waals surface area contributed by atoms with Crippen LogP contribution in [-0.4, -0.2) is 37.0 Å². The van der Waals surface area contributed by atoms with E-state index in [0.29, 0.717) is 12.5 Å².